The number of aromatic nitrogens is 6. The standard InChI is InChI=1S/C17H17N7O/c1-25-11-14-9-16(24-17(22-14)19-12-21-24)18-10-13-4-2-5-15(8-13)23-7-3-6-20-23/h2-9,12,18H,10-11H2,1H3. The zero-order valence-electron chi connectivity index (χ0n) is 13.7. The molecule has 8 heteroatoms. The Morgan fingerprint density at radius 2 is 2.12 bits per heavy atom. The summed E-state index contributed by atoms with van der Waals surface area (Å²) in [6.07, 6.45) is 5.18. The molecular formula is C17H17N7O. The molecule has 0 saturated carbocycles. The van der Waals surface area contributed by atoms with Crippen LogP contribution in [0.5, 0.6) is 0 Å². The molecular weight excluding hydrogens is 318 g/mol. The lowest BCUT2D eigenvalue weighted by atomic mass is 10.2. The van der Waals surface area contributed by atoms with Gasteiger partial charge in [0.05, 0.1) is 18.0 Å². The van der Waals surface area contributed by atoms with E-state index in [1.165, 1.54) is 6.33 Å². The summed E-state index contributed by atoms with van der Waals surface area (Å²) in [4.78, 5) is 8.56. The van der Waals surface area contributed by atoms with Gasteiger partial charge >= 0.3 is 0 Å². The van der Waals surface area contributed by atoms with Gasteiger partial charge in [-0.2, -0.15) is 19.7 Å². The SMILES string of the molecule is COCc1cc(NCc2cccc(-n3cccn3)c2)n2ncnc2n1. The van der Waals surface area contributed by atoms with E-state index in [-0.39, 0.29) is 0 Å². The number of ether oxygens (including phenoxy) is 1. The van der Waals surface area contributed by atoms with Crippen LogP contribution in [0.4, 0.5) is 5.82 Å². The largest absolute Gasteiger partial charge is 0.378 e. The van der Waals surface area contributed by atoms with Crippen molar-refractivity contribution in [3.05, 3.63) is 66.4 Å². The Kier molecular flexibility index (Phi) is 4.09. The summed E-state index contributed by atoms with van der Waals surface area (Å²) in [6.45, 7) is 1.06. The van der Waals surface area contributed by atoms with E-state index in [1.807, 2.05) is 35.1 Å². The van der Waals surface area contributed by atoms with Crippen LogP contribution in [0, 0.1) is 0 Å². The monoisotopic (exact) mass is 335 g/mol. The number of benzene rings is 1. The highest BCUT2D eigenvalue weighted by molar-refractivity contribution is 5.46. The summed E-state index contributed by atoms with van der Waals surface area (Å²) in [5.74, 6) is 1.36. The second-order valence-corrected chi connectivity index (χ2v) is 5.51. The molecule has 0 saturated heterocycles. The fourth-order valence-electron chi connectivity index (χ4n) is 2.63. The topological polar surface area (TPSA) is 82.2 Å². The molecule has 0 spiro atoms. The molecule has 0 amide bonds. The first kappa shape index (κ1) is 15.3. The van der Waals surface area contributed by atoms with Crippen LogP contribution < -0.4 is 5.32 Å². The Hall–Kier alpha value is -3.26. The van der Waals surface area contributed by atoms with E-state index in [9.17, 15) is 0 Å². The average molecular weight is 335 g/mol. The molecule has 1 N–H and O–H groups in total. The number of hydrogen-bond donors (Lipinski definition) is 1. The summed E-state index contributed by atoms with van der Waals surface area (Å²) in [7, 11) is 1.64. The highest BCUT2D eigenvalue weighted by Gasteiger charge is 2.08. The van der Waals surface area contributed by atoms with Crippen LogP contribution in [0.15, 0.2) is 55.1 Å². The molecule has 3 heterocycles. The number of nitrogens with zero attached hydrogens (tertiary/aromatic N) is 6. The summed E-state index contributed by atoms with van der Waals surface area (Å²) in [6, 6.07) is 12.0. The van der Waals surface area contributed by atoms with Gasteiger partial charge < -0.3 is 10.1 Å². The number of fused-ring (bicyclic) bond motifs is 1. The summed E-state index contributed by atoms with van der Waals surface area (Å²) < 4.78 is 8.68. The molecule has 0 aliphatic heterocycles. The van der Waals surface area contributed by atoms with Crippen LogP contribution in [0.3, 0.4) is 0 Å². The van der Waals surface area contributed by atoms with Crippen molar-refractivity contribution in [2.45, 2.75) is 13.2 Å². The molecule has 25 heavy (non-hydrogen) atoms. The van der Waals surface area contributed by atoms with Crippen LogP contribution in [0.2, 0.25) is 0 Å². The molecule has 8 nitrogen and oxygen atoms in total. The van der Waals surface area contributed by atoms with Crippen molar-refractivity contribution < 1.29 is 4.74 Å². The van der Waals surface area contributed by atoms with Gasteiger partial charge in [0.2, 0.25) is 0 Å². The minimum absolute atomic E-state index is 0.423. The zero-order chi connectivity index (χ0) is 17.1. The normalized spacial score (nSPS) is 11.1. The molecule has 0 atom stereocenters. The predicted molar refractivity (Wildman–Crippen MR) is 92.4 cm³/mol. The molecule has 1 aromatic carbocycles. The average Bonchev–Trinajstić information content (AvgIpc) is 3.32. The Bertz CT molecular complexity index is 978. The number of methoxy groups -OCH3 is 1. The number of rotatable bonds is 6. The number of hydrogen-bond acceptors (Lipinski definition) is 6. The van der Waals surface area contributed by atoms with E-state index >= 15 is 0 Å². The van der Waals surface area contributed by atoms with Crippen LogP contribution >= 0.6 is 0 Å². The van der Waals surface area contributed by atoms with Gasteiger partial charge in [-0.25, -0.2) is 9.67 Å². The van der Waals surface area contributed by atoms with Gasteiger partial charge in [0.25, 0.3) is 5.78 Å². The fourth-order valence-corrected chi connectivity index (χ4v) is 2.63. The van der Waals surface area contributed by atoms with Gasteiger partial charge in [0.1, 0.15) is 12.1 Å². The Morgan fingerprint density at radius 3 is 2.96 bits per heavy atom. The smallest absolute Gasteiger partial charge is 0.254 e. The van der Waals surface area contributed by atoms with E-state index in [0.29, 0.717) is 18.9 Å². The summed E-state index contributed by atoms with van der Waals surface area (Å²) in [5.41, 5.74) is 2.95. The maximum atomic E-state index is 5.17. The van der Waals surface area contributed by atoms with Gasteiger partial charge in [-0.3, -0.25) is 0 Å². The maximum absolute atomic E-state index is 5.17. The first-order chi connectivity index (χ1) is 12.3. The molecule has 126 valence electrons. The first-order valence-corrected chi connectivity index (χ1v) is 7.85. The summed E-state index contributed by atoms with van der Waals surface area (Å²) in [5, 5.41) is 11.9. The van der Waals surface area contributed by atoms with Crippen LogP contribution in [0.1, 0.15) is 11.3 Å². The molecule has 0 aliphatic carbocycles. The van der Waals surface area contributed by atoms with Gasteiger partial charge in [0.15, 0.2) is 0 Å². The van der Waals surface area contributed by atoms with Gasteiger partial charge in [-0.15, -0.1) is 0 Å². The highest BCUT2D eigenvalue weighted by Crippen LogP contribution is 2.15. The quantitative estimate of drug-likeness (QED) is 0.581. The molecule has 4 aromatic rings. The second-order valence-electron chi connectivity index (χ2n) is 5.51. The highest BCUT2D eigenvalue weighted by atomic mass is 16.5. The zero-order valence-corrected chi connectivity index (χ0v) is 13.7. The van der Waals surface area contributed by atoms with Crippen molar-refractivity contribution in [3.63, 3.8) is 0 Å². The lowest BCUT2D eigenvalue weighted by Crippen LogP contribution is -2.08. The minimum atomic E-state index is 0.423. The van der Waals surface area contributed by atoms with E-state index in [2.05, 4.69) is 37.6 Å². The van der Waals surface area contributed by atoms with Crippen LogP contribution in [-0.2, 0) is 17.9 Å². The summed E-state index contributed by atoms with van der Waals surface area (Å²) >= 11 is 0. The minimum Gasteiger partial charge on any atom is -0.378 e. The molecule has 0 unspecified atom stereocenters. The van der Waals surface area contributed by atoms with Gasteiger partial charge in [0, 0.05) is 32.1 Å². The van der Waals surface area contributed by atoms with E-state index in [4.69, 9.17) is 4.74 Å². The van der Waals surface area contributed by atoms with Crippen LogP contribution in [-0.4, -0.2) is 36.5 Å². The second kappa shape index (κ2) is 6.70. The fraction of sp³-hybridized carbons (Fsp3) is 0.176. The number of nitrogens with one attached hydrogen (secondary N) is 1. The van der Waals surface area contributed by atoms with E-state index < -0.39 is 0 Å². The van der Waals surface area contributed by atoms with Gasteiger partial charge in [-0.1, -0.05) is 12.1 Å². The molecule has 0 bridgehead atoms. The molecule has 0 fully saturated rings. The van der Waals surface area contributed by atoms with E-state index in [0.717, 1.165) is 22.8 Å². The van der Waals surface area contributed by atoms with E-state index in [1.54, 1.807) is 17.8 Å². The van der Waals surface area contributed by atoms with Crippen molar-refractivity contribution >= 4 is 11.6 Å². The van der Waals surface area contributed by atoms with Crippen molar-refractivity contribution in [3.8, 4) is 5.69 Å². The lowest BCUT2D eigenvalue weighted by Gasteiger charge is -2.11. The van der Waals surface area contributed by atoms with Crippen molar-refractivity contribution in [1.29, 1.82) is 0 Å². The van der Waals surface area contributed by atoms with Crippen LogP contribution in [0.25, 0.3) is 11.5 Å². The Labute approximate surface area is 144 Å². The predicted octanol–water partition coefficient (Wildman–Crippen LogP) is 2.07. The number of anilines is 1. The third-order valence-corrected chi connectivity index (χ3v) is 3.75. The third-order valence-electron chi connectivity index (χ3n) is 3.75. The third kappa shape index (κ3) is 3.20. The molecule has 0 radical (unpaired) electrons. The molecule has 4 rings (SSSR count). The Morgan fingerprint density at radius 1 is 1.16 bits per heavy atom. The van der Waals surface area contributed by atoms with Crippen molar-refractivity contribution in [2.24, 2.45) is 0 Å². The lowest BCUT2D eigenvalue weighted by molar-refractivity contribution is 0.181. The van der Waals surface area contributed by atoms with Crippen molar-refractivity contribution in [1.82, 2.24) is 29.4 Å². The Balaban J connectivity index is 1.58. The maximum Gasteiger partial charge on any atom is 0.254 e. The molecule has 0 aliphatic rings. The van der Waals surface area contributed by atoms with Crippen molar-refractivity contribution in [2.75, 3.05) is 12.4 Å². The first-order valence-electron chi connectivity index (χ1n) is 7.85. The van der Waals surface area contributed by atoms with Gasteiger partial charge in [-0.05, 0) is 23.8 Å². The molecule has 3 aromatic heterocycles.